The van der Waals surface area contributed by atoms with Crippen LogP contribution >= 0.6 is 23.2 Å². The summed E-state index contributed by atoms with van der Waals surface area (Å²) in [7, 11) is 0. The van der Waals surface area contributed by atoms with E-state index in [9.17, 15) is 4.79 Å². The SMILES string of the molecule is O=C(Nc1ccc(Cl)c(Cl)c1)c1ccc(C[NH+]2CCc3ccccc3C2)cc1. The smallest absolute Gasteiger partial charge is 0.255 e. The zero-order valence-electron chi connectivity index (χ0n) is 15.3. The zero-order chi connectivity index (χ0) is 19.5. The number of nitrogens with one attached hydrogen (secondary N) is 2. The van der Waals surface area contributed by atoms with E-state index in [1.807, 2.05) is 24.3 Å². The first-order valence-electron chi connectivity index (χ1n) is 9.34. The molecule has 2 N–H and O–H groups in total. The molecule has 1 aliphatic heterocycles. The summed E-state index contributed by atoms with van der Waals surface area (Å²) in [5, 5.41) is 3.73. The molecule has 3 aromatic rings. The van der Waals surface area contributed by atoms with E-state index in [1.54, 1.807) is 23.1 Å². The Morgan fingerprint density at radius 2 is 1.68 bits per heavy atom. The molecule has 3 nitrogen and oxygen atoms in total. The molecule has 0 aliphatic carbocycles. The fourth-order valence-corrected chi connectivity index (χ4v) is 3.93. The van der Waals surface area contributed by atoms with Crippen LogP contribution in [0.5, 0.6) is 0 Å². The number of halogens is 2. The first-order valence-corrected chi connectivity index (χ1v) is 10.1. The normalized spacial score (nSPS) is 15.7. The van der Waals surface area contributed by atoms with E-state index in [-0.39, 0.29) is 5.91 Å². The maximum absolute atomic E-state index is 12.5. The largest absolute Gasteiger partial charge is 0.327 e. The van der Waals surface area contributed by atoms with Gasteiger partial charge in [-0.3, -0.25) is 4.79 Å². The van der Waals surface area contributed by atoms with Gasteiger partial charge in [-0.25, -0.2) is 0 Å². The fraction of sp³-hybridized carbons (Fsp3) is 0.174. The molecule has 1 heterocycles. The van der Waals surface area contributed by atoms with Crippen LogP contribution in [0, 0.1) is 0 Å². The molecule has 0 spiro atoms. The molecule has 1 amide bonds. The number of carbonyl (C=O) groups is 1. The molecule has 1 atom stereocenters. The van der Waals surface area contributed by atoms with Gasteiger partial charge in [-0.1, -0.05) is 59.6 Å². The van der Waals surface area contributed by atoms with Crippen LogP contribution in [0.3, 0.4) is 0 Å². The molecule has 0 radical (unpaired) electrons. The highest BCUT2D eigenvalue weighted by Crippen LogP contribution is 2.25. The Morgan fingerprint density at radius 1 is 0.929 bits per heavy atom. The van der Waals surface area contributed by atoms with Crippen LogP contribution in [-0.2, 0) is 19.5 Å². The van der Waals surface area contributed by atoms with Gasteiger partial charge >= 0.3 is 0 Å². The van der Waals surface area contributed by atoms with Gasteiger partial charge in [-0.15, -0.1) is 0 Å². The van der Waals surface area contributed by atoms with Crippen molar-refractivity contribution in [3.05, 3.63) is 99.0 Å². The van der Waals surface area contributed by atoms with Crippen molar-refractivity contribution >= 4 is 34.8 Å². The number of hydrogen-bond donors (Lipinski definition) is 2. The summed E-state index contributed by atoms with van der Waals surface area (Å²) < 4.78 is 0. The standard InChI is InChI=1S/C23H20Cl2N2O/c24-21-10-9-20(13-22(21)25)26-23(28)18-7-5-16(6-8-18)14-27-12-11-17-3-1-2-4-19(17)15-27/h1-10,13H,11-12,14-15H2,(H,26,28)/p+1. The van der Waals surface area contributed by atoms with Crippen LogP contribution in [0.4, 0.5) is 5.69 Å². The highest BCUT2D eigenvalue weighted by molar-refractivity contribution is 6.42. The van der Waals surface area contributed by atoms with Crippen LogP contribution in [0.25, 0.3) is 0 Å². The summed E-state index contributed by atoms with van der Waals surface area (Å²) in [4.78, 5) is 14.0. The molecule has 142 valence electrons. The summed E-state index contributed by atoms with van der Waals surface area (Å²) >= 11 is 11.9. The summed E-state index contributed by atoms with van der Waals surface area (Å²) in [6.07, 6.45) is 1.12. The third-order valence-electron chi connectivity index (χ3n) is 5.15. The third kappa shape index (κ3) is 4.39. The molecule has 4 rings (SSSR count). The molecule has 0 fully saturated rings. The number of fused-ring (bicyclic) bond motifs is 1. The highest BCUT2D eigenvalue weighted by atomic mass is 35.5. The van der Waals surface area contributed by atoms with E-state index in [1.165, 1.54) is 16.7 Å². The molecule has 0 saturated carbocycles. The van der Waals surface area contributed by atoms with Crippen LogP contribution in [0.15, 0.2) is 66.7 Å². The van der Waals surface area contributed by atoms with Gasteiger partial charge in [-0.05, 0) is 35.9 Å². The van der Waals surface area contributed by atoms with Gasteiger partial charge in [0.05, 0.1) is 16.6 Å². The predicted octanol–water partition coefficient (Wildman–Crippen LogP) is 4.39. The van der Waals surface area contributed by atoms with Crippen LogP contribution in [0.1, 0.15) is 27.0 Å². The van der Waals surface area contributed by atoms with Crippen LogP contribution < -0.4 is 10.2 Å². The minimum Gasteiger partial charge on any atom is -0.327 e. The maximum atomic E-state index is 12.5. The molecule has 3 aromatic carbocycles. The Bertz CT molecular complexity index is 1000. The second kappa shape index (κ2) is 8.36. The average Bonchev–Trinajstić information content (AvgIpc) is 2.71. The van der Waals surface area contributed by atoms with E-state index < -0.39 is 0 Å². The summed E-state index contributed by atoms with van der Waals surface area (Å²) in [5.41, 5.74) is 5.40. The van der Waals surface area contributed by atoms with Crippen molar-refractivity contribution in [1.29, 1.82) is 0 Å². The second-order valence-electron chi connectivity index (χ2n) is 7.15. The Kier molecular flexibility index (Phi) is 5.67. The minimum atomic E-state index is -0.163. The number of carbonyl (C=O) groups excluding carboxylic acids is 1. The maximum Gasteiger partial charge on any atom is 0.255 e. The van der Waals surface area contributed by atoms with Gasteiger partial charge in [0.25, 0.3) is 5.91 Å². The topological polar surface area (TPSA) is 33.5 Å². The number of quaternary nitrogens is 1. The van der Waals surface area contributed by atoms with Gasteiger partial charge in [0.2, 0.25) is 0 Å². The number of hydrogen-bond acceptors (Lipinski definition) is 1. The molecular weight excluding hydrogens is 391 g/mol. The van der Waals surface area contributed by atoms with Crippen molar-refractivity contribution in [3.8, 4) is 0 Å². The molecule has 1 aliphatic rings. The molecule has 0 bridgehead atoms. The lowest BCUT2D eigenvalue weighted by molar-refractivity contribution is -0.929. The Morgan fingerprint density at radius 3 is 2.43 bits per heavy atom. The lowest BCUT2D eigenvalue weighted by atomic mass is 9.99. The lowest BCUT2D eigenvalue weighted by Gasteiger charge is -2.26. The average molecular weight is 412 g/mol. The van der Waals surface area contributed by atoms with E-state index in [2.05, 4.69) is 29.6 Å². The van der Waals surface area contributed by atoms with Gasteiger partial charge < -0.3 is 10.2 Å². The molecule has 28 heavy (non-hydrogen) atoms. The Labute approximate surface area is 174 Å². The minimum absolute atomic E-state index is 0.163. The first kappa shape index (κ1) is 19.0. The van der Waals surface area contributed by atoms with Crippen LogP contribution in [-0.4, -0.2) is 12.5 Å². The number of benzene rings is 3. The molecule has 0 saturated heterocycles. The number of anilines is 1. The zero-order valence-corrected chi connectivity index (χ0v) is 16.9. The summed E-state index contributed by atoms with van der Waals surface area (Å²) in [5.74, 6) is -0.163. The van der Waals surface area contributed by atoms with Gasteiger partial charge in [0.15, 0.2) is 0 Å². The summed E-state index contributed by atoms with van der Waals surface area (Å²) in [6.45, 7) is 3.15. The molecule has 5 heteroatoms. The van der Waals surface area contributed by atoms with Crippen molar-refractivity contribution in [1.82, 2.24) is 0 Å². The summed E-state index contributed by atoms with van der Waals surface area (Å²) in [6, 6.07) is 21.6. The molecule has 1 unspecified atom stereocenters. The van der Waals surface area contributed by atoms with Crippen molar-refractivity contribution in [2.75, 3.05) is 11.9 Å². The van der Waals surface area contributed by atoms with Crippen molar-refractivity contribution < 1.29 is 9.69 Å². The van der Waals surface area contributed by atoms with Crippen molar-refractivity contribution in [2.45, 2.75) is 19.5 Å². The van der Waals surface area contributed by atoms with Gasteiger partial charge in [-0.2, -0.15) is 0 Å². The van der Waals surface area contributed by atoms with Crippen LogP contribution in [0.2, 0.25) is 10.0 Å². The number of amides is 1. The van der Waals surface area contributed by atoms with Crippen molar-refractivity contribution in [3.63, 3.8) is 0 Å². The Hall–Kier alpha value is -2.33. The van der Waals surface area contributed by atoms with E-state index in [4.69, 9.17) is 23.2 Å². The van der Waals surface area contributed by atoms with E-state index >= 15 is 0 Å². The highest BCUT2D eigenvalue weighted by Gasteiger charge is 2.19. The number of rotatable bonds is 4. The first-order chi connectivity index (χ1) is 13.6. The van der Waals surface area contributed by atoms with Gasteiger partial charge in [0, 0.05) is 28.8 Å². The third-order valence-corrected chi connectivity index (χ3v) is 5.89. The van der Waals surface area contributed by atoms with Crippen molar-refractivity contribution in [2.24, 2.45) is 0 Å². The second-order valence-corrected chi connectivity index (χ2v) is 7.97. The lowest BCUT2D eigenvalue weighted by Crippen LogP contribution is -3.10. The fourth-order valence-electron chi connectivity index (χ4n) is 3.63. The predicted molar refractivity (Wildman–Crippen MR) is 114 cm³/mol. The Balaban J connectivity index is 1.38. The molecule has 0 aromatic heterocycles. The molecular formula is C23H21Cl2N2O+. The van der Waals surface area contributed by atoms with Gasteiger partial charge in [0.1, 0.15) is 13.1 Å². The quantitative estimate of drug-likeness (QED) is 0.655. The monoisotopic (exact) mass is 411 g/mol. The van der Waals surface area contributed by atoms with E-state index in [0.717, 1.165) is 26.1 Å². The van der Waals surface area contributed by atoms with E-state index in [0.29, 0.717) is 21.3 Å².